The predicted molar refractivity (Wildman–Crippen MR) is 160 cm³/mol. The van der Waals surface area contributed by atoms with Crippen molar-refractivity contribution in [1.29, 1.82) is 0 Å². The minimum absolute atomic E-state index is 0.0486. The van der Waals surface area contributed by atoms with Gasteiger partial charge >= 0.3 is 5.69 Å². The van der Waals surface area contributed by atoms with Crippen LogP contribution in [0, 0.1) is 5.41 Å². The number of hydrogen-bond donors (Lipinski definition) is 1. The maximum Gasteiger partial charge on any atom is 0.326 e. The fraction of sp³-hybridized carbons (Fsp3) is 0.531. The number of aromatic amines is 1. The van der Waals surface area contributed by atoms with Crippen molar-refractivity contribution >= 4 is 34.6 Å². The molecule has 2 amide bonds. The molecule has 2 saturated heterocycles. The molecular weight excluding hydrogens is 520 g/mol. The summed E-state index contributed by atoms with van der Waals surface area (Å²) in [5, 5.41) is -0.368. The second-order valence-corrected chi connectivity index (χ2v) is 14.3. The predicted octanol–water partition coefficient (Wildman–Crippen LogP) is 5.45. The van der Waals surface area contributed by atoms with E-state index in [-0.39, 0.29) is 45.5 Å². The first kappa shape index (κ1) is 27.2. The number of fused-ring (bicyclic) bond motifs is 3. The first-order valence-corrected chi connectivity index (χ1v) is 15.6. The molecule has 1 spiro atoms. The van der Waals surface area contributed by atoms with E-state index in [2.05, 4.69) is 54.9 Å². The quantitative estimate of drug-likeness (QED) is 0.450. The summed E-state index contributed by atoms with van der Waals surface area (Å²) >= 11 is 1.72. The maximum absolute atomic E-state index is 14.0. The standard InChI is InChI=1S/C32H40N4O3S/c1-31(2,3)17-20-35-29(38)27(40-32(35)16-8-10-22-9-4-5-11-24(22)32)21-28(37)34-18-14-23(15-19-34)36-26-13-7-6-12-25(26)33-30(36)39/h4-7,9,11-13,23,27H,8,10,14-21H2,1-3H3,(H,33,39). The van der Waals surface area contributed by atoms with E-state index in [9.17, 15) is 14.4 Å². The van der Waals surface area contributed by atoms with Crippen LogP contribution in [0.3, 0.4) is 0 Å². The summed E-state index contributed by atoms with van der Waals surface area (Å²) in [7, 11) is 0. The van der Waals surface area contributed by atoms with Gasteiger partial charge in [0.2, 0.25) is 11.8 Å². The number of rotatable bonds is 5. The van der Waals surface area contributed by atoms with E-state index in [0.29, 0.717) is 19.6 Å². The Labute approximate surface area is 240 Å². The molecule has 1 aromatic heterocycles. The molecule has 6 rings (SSSR count). The average Bonchev–Trinajstić information content (AvgIpc) is 3.40. The summed E-state index contributed by atoms with van der Waals surface area (Å²) in [6.45, 7) is 8.57. The third kappa shape index (κ3) is 4.89. The first-order chi connectivity index (χ1) is 19.2. The molecule has 212 valence electrons. The SMILES string of the molecule is CC(C)(C)CCN1C(=O)C(CC(=O)N2CCC(n3c(=O)[nH]c4ccccc43)CC2)SC12CCCc1ccccc12. The number of imidazole rings is 1. The Hall–Kier alpha value is -3.00. The number of thioether (sulfide) groups is 1. The number of nitrogens with one attached hydrogen (secondary N) is 1. The molecule has 7 nitrogen and oxygen atoms in total. The van der Waals surface area contributed by atoms with Crippen molar-refractivity contribution in [2.45, 2.75) is 81.9 Å². The number of nitrogens with zero attached hydrogens (tertiary/aromatic N) is 3. The van der Waals surface area contributed by atoms with Crippen molar-refractivity contribution in [3.05, 3.63) is 70.1 Å². The number of aryl methyl sites for hydroxylation is 1. The molecule has 0 radical (unpaired) electrons. The van der Waals surface area contributed by atoms with Gasteiger partial charge in [-0.15, -0.1) is 11.8 Å². The lowest BCUT2D eigenvalue weighted by Crippen LogP contribution is -2.46. The largest absolute Gasteiger partial charge is 0.342 e. The zero-order valence-corrected chi connectivity index (χ0v) is 24.6. The lowest BCUT2D eigenvalue weighted by Gasteiger charge is -2.43. The molecule has 3 aromatic rings. The van der Waals surface area contributed by atoms with E-state index in [1.54, 1.807) is 11.8 Å². The summed E-state index contributed by atoms with van der Waals surface area (Å²) in [6, 6.07) is 16.4. The van der Waals surface area contributed by atoms with Crippen LogP contribution in [0.1, 0.15) is 76.5 Å². The Morgan fingerprint density at radius 3 is 2.55 bits per heavy atom. The molecule has 0 saturated carbocycles. The molecule has 0 bridgehead atoms. The zero-order valence-electron chi connectivity index (χ0n) is 23.8. The average molecular weight is 561 g/mol. The number of piperidine rings is 1. The van der Waals surface area contributed by atoms with Gasteiger partial charge in [-0.3, -0.25) is 14.2 Å². The normalized spacial score (nSPS) is 23.8. The van der Waals surface area contributed by atoms with Crippen LogP contribution in [-0.2, 0) is 20.9 Å². The molecule has 3 aliphatic rings. The molecule has 2 aromatic carbocycles. The van der Waals surface area contributed by atoms with E-state index in [0.717, 1.165) is 49.6 Å². The topological polar surface area (TPSA) is 78.4 Å². The van der Waals surface area contributed by atoms with Gasteiger partial charge in [-0.05, 0) is 67.2 Å². The number of H-pyrrole nitrogens is 1. The van der Waals surface area contributed by atoms with Gasteiger partial charge in [-0.2, -0.15) is 0 Å². The minimum Gasteiger partial charge on any atom is -0.342 e. The Balaban J connectivity index is 1.17. The van der Waals surface area contributed by atoms with Gasteiger partial charge in [0.05, 0.1) is 16.3 Å². The molecule has 8 heteroatoms. The van der Waals surface area contributed by atoms with E-state index < -0.39 is 0 Å². The number of para-hydroxylation sites is 2. The van der Waals surface area contributed by atoms with E-state index in [1.807, 2.05) is 33.7 Å². The number of carbonyl (C=O) groups excluding carboxylic acids is 2. The highest BCUT2D eigenvalue weighted by Gasteiger charge is 2.54. The van der Waals surface area contributed by atoms with Gasteiger partial charge in [-0.25, -0.2) is 4.79 Å². The van der Waals surface area contributed by atoms with Crippen molar-refractivity contribution in [2.24, 2.45) is 5.41 Å². The minimum atomic E-state index is -0.383. The summed E-state index contributed by atoms with van der Waals surface area (Å²) < 4.78 is 1.85. The van der Waals surface area contributed by atoms with Crippen molar-refractivity contribution in [2.75, 3.05) is 19.6 Å². The second-order valence-electron chi connectivity index (χ2n) is 12.8. The molecule has 2 unspecified atom stereocenters. The van der Waals surface area contributed by atoms with E-state index >= 15 is 0 Å². The molecule has 1 aliphatic carbocycles. The van der Waals surface area contributed by atoms with Crippen molar-refractivity contribution < 1.29 is 9.59 Å². The smallest absolute Gasteiger partial charge is 0.326 e. The Morgan fingerprint density at radius 1 is 1.05 bits per heavy atom. The van der Waals surface area contributed by atoms with Crippen LogP contribution in [0.4, 0.5) is 0 Å². The zero-order chi connectivity index (χ0) is 28.1. The second kappa shape index (κ2) is 10.4. The van der Waals surface area contributed by atoms with Crippen molar-refractivity contribution in [3.63, 3.8) is 0 Å². The third-order valence-corrected chi connectivity index (χ3v) is 10.7. The number of benzene rings is 2. The molecule has 2 atom stereocenters. The number of likely N-dealkylation sites (tertiary alicyclic amines) is 1. The van der Waals surface area contributed by atoms with Gasteiger partial charge in [0.15, 0.2) is 0 Å². The van der Waals surface area contributed by atoms with Crippen molar-refractivity contribution in [3.8, 4) is 0 Å². The Morgan fingerprint density at radius 2 is 1.77 bits per heavy atom. The number of aromatic nitrogens is 2. The first-order valence-electron chi connectivity index (χ1n) is 14.7. The van der Waals surface area contributed by atoms with Crippen LogP contribution in [-0.4, -0.2) is 56.0 Å². The highest BCUT2D eigenvalue weighted by Crippen LogP contribution is 2.56. The van der Waals surface area contributed by atoms with Gasteiger partial charge < -0.3 is 14.8 Å². The lowest BCUT2D eigenvalue weighted by atomic mass is 9.85. The van der Waals surface area contributed by atoms with Gasteiger partial charge in [0.25, 0.3) is 0 Å². The summed E-state index contributed by atoms with van der Waals surface area (Å²) in [6.07, 6.45) is 5.63. The molecular formula is C32H40N4O3S. The highest BCUT2D eigenvalue weighted by molar-refractivity contribution is 8.02. The van der Waals surface area contributed by atoms with Crippen LogP contribution in [0.5, 0.6) is 0 Å². The lowest BCUT2D eigenvalue weighted by molar-refractivity contribution is -0.138. The van der Waals surface area contributed by atoms with E-state index in [1.165, 1.54) is 11.1 Å². The van der Waals surface area contributed by atoms with Gasteiger partial charge in [-0.1, -0.05) is 57.2 Å². The third-order valence-electron chi connectivity index (χ3n) is 8.97. The van der Waals surface area contributed by atoms with Gasteiger partial charge in [0, 0.05) is 32.1 Å². The molecule has 2 aliphatic heterocycles. The summed E-state index contributed by atoms with van der Waals surface area (Å²) in [5.41, 5.74) is 4.37. The van der Waals surface area contributed by atoms with Crippen LogP contribution in [0.25, 0.3) is 11.0 Å². The number of hydrogen-bond acceptors (Lipinski definition) is 4. The summed E-state index contributed by atoms with van der Waals surface area (Å²) in [5.74, 6) is 0.159. The number of amides is 2. The fourth-order valence-electron chi connectivity index (χ4n) is 6.84. The monoisotopic (exact) mass is 560 g/mol. The Kier molecular flexibility index (Phi) is 7.09. The van der Waals surface area contributed by atoms with Crippen LogP contribution < -0.4 is 5.69 Å². The molecule has 1 N–H and O–H groups in total. The Bertz CT molecular complexity index is 1480. The summed E-state index contributed by atoms with van der Waals surface area (Å²) in [4.78, 5) is 46.8. The van der Waals surface area contributed by atoms with Crippen LogP contribution in [0.2, 0.25) is 0 Å². The highest BCUT2D eigenvalue weighted by atomic mass is 32.2. The molecule has 3 heterocycles. The van der Waals surface area contributed by atoms with Crippen molar-refractivity contribution in [1.82, 2.24) is 19.4 Å². The maximum atomic E-state index is 14.0. The number of carbonyl (C=O) groups is 2. The van der Waals surface area contributed by atoms with Gasteiger partial charge in [0.1, 0.15) is 4.87 Å². The van der Waals surface area contributed by atoms with Crippen LogP contribution >= 0.6 is 11.8 Å². The molecule has 40 heavy (non-hydrogen) atoms. The fourth-order valence-corrected chi connectivity index (χ4v) is 8.66. The molecule has 2 fully saturated rings. The van der Waals surface area contributed by atoms with Crippen LogP contribution in [0.15, 0.2) is 53.3 Å². The van der Waals surface area contributed by atoms with E-state index in [4.69, 9.17) is 0 Å².